The van der Waals surface area contributed by atoms with Gasteiger partial charge in [-0.05, 0) is 51.7 Å². The van der Waals surface area contributed by atoms with E-state index in [4.69, 9.17) is 0 Å². The lowest BCUT2D eigenvalue weighted by Crippen LogP contribution is -2.41. The number of sulfonamides is 1. The maximum atomic E-state index is 13.1. The van der Waals surface area contributed by atoms with Crippen molar-refractivity contribution in [3.05, 3.63) is 33.8 Å². The van der Waals surface area contributed by atoms with Crippen molar-refractivity contribution < 1.29 is 13.2 Å². The molecule has 0 unspecified atom stereocenters. The van der Waals surface area contributed by atoms with Crippen LogP contribution in [0.15, 0.2) is 17.0 Å². The van der Waals surface area contributed by atoms with Gasteiger partial charge in [-0.1, -0.05) is 29.0 Å². The number of benzene rings is 1. The van der Waals surface area contributed by atoms with E-state index in [-0.39, 0.29) is 11.8 Å². The molecule has 1 amide bonds. The summed E-state index contributed by atoms with van der Waals surface area (Å²) in [5.74, 6) is -0.341. The second-order valence-electron chi connectivity index (χ2n) is 7.02. The summed E-state index contributed by atoms with van der Waals surface area (Å²) in [6, 6.07) is 3.79. The van der Waals surface area contributed by atoms with E-state index >= 15 is 0 Å². The molecule has 1 aliphatic rings. The standard InChI is InChI=1S/C18H24N4O3S2/c1-11-9-12(2)16(13(3)10-11)27(24,25)22-7-5-15(6-8-22)17(23)19-18-21-20-14(4)26-18/h9-10,15H,5-8H2,1-4H3,(H,19,21,23). The summed E-state index contributed by atoms with van der Waals surface area (Å²) in [5.41, 5.74) is 2.57. The van der Waals surface area contributed by atoms with Crippen LogP contribution in [0.25, 0.3) is 0 Å². The quantitative estimate of drug-likeness (QED) is 0.840. The number of amides is 1. The minimum Gasteiger partial charge on any atom is -0.300 e. The Kier molecular flexibility index (Phi) is 5.64. The first-order valence-electron chi connectivity index (χ1n) is 8.87. The molecule has 0 aliphatic carbocycles. The molecule has 0 spiro atoms. The van der Waals surface area contributed by atoms with E-state index in [1.54, 1.807) is 0 Å². The Bertz CT molecular complexity index is 938. The van der Waals surface area contributed by atoms with Gasteiger partial charge in [0, 0.05) is 19.0 Å². The number of nitrogens with one attached hydrogen (secondary N) is 1. The van der Waals surface area contributed by atoms with Gasteiger partial charge in [0.05, 0.1) is 4.90 Å². The van der Waals surface area contributed by atoms with Crippen LogP contribution in [0.4, 0.5) is 5.13 Å². The number of hydrogen-bond acceptors (Lipinski definition) is 6. The fraction of sp³-hybridized carbons (Fsp3) is 0.500. The molecule has 2 heterocycles. The molecule has 0 radical (unpaired) electrons. The fourth-order valence-electron chi connectivity index (χ4n) is 3.62. The Morgan fingerprint density at radius 2 is 1.70 bits per heavy atom. The van der Waals surface area contributed by atoms with Crippen LogP contribution < -0.4 is 5.32 Å². The zero-order chi connectivity index (χ0) is 19.8. The second kappa shape index (κ2) is 7.65. The van der Waals surface area contributed by atoms with Crippen LogP contribution in [-0.4, -0.2) is 41.9 Å². The van der Waals surface area contributed by atoms with E-state index in [1.807, 2.05) is 39.8 Å². The molecule has 1 fully saturated rings. The van der Waals surface area contributed by atoms with Crippen LogP contribution in [0.3, 0.4) is 0 Å². The summed E-state index contributed by atoms with van der Waals surface area (Å²) in [6.45, 7) is 8.12. The van der Waals surface area contributed by atoms with Crippen LogP contribution >= 0.6 is 11.3 Å². The highest BCUT2D eigenvalue weighted by Gasteiger charge is 2.33. The predicted octanol–water partition coefficient (Wildman–Crippen LogP) is 2.81. The van der Waals surface area contributed by atoms with E-state index in [9.17, 15) is 13.2 Å². The molecular weight excluding hydrogens is 384 g/mol. The second-order valence-corrected chi connectivity index (χ2v) is 10.1. The van der Waals surface area contributed by atoms with Crippen molar-refractivity contribution in [2.45, 2.75) is 45.4 Å². The SMILES string of the molecule is Cc1cc(C)c(S(=O)(=O)N2CCC(C(=O)Nc3nnc(C)s3)CC2)c(C)c1. The smallest absolute Gasteiger partial charge is 0.243 e. The van der Waals surface area contributed by atoms with Gasteiger partial charge in [-0.3, -0.25) is 4.79 Å². The molecular formula is C18H24N4O3S2. The lowest BCUT2D eigenvalue weighted by atomic mass is 9.97. The summed E-state index contributed by atoms with van der Waals surface area (Å²) in [5, 5.41) is 11.8. The number of carbonyl (C=O) groups excluding carboxylic acids is 1. The van der Waals surface area contributed by atoms with Gasteiger partial charge in [-0.15, -0.1) is 10.2 Å². The van der Waals surface area contributed by atoms with Crippen molar-refractivity contribution in [1.82, 2.24) is 14.5 Å². The first-order chi connectivity index (χ1) is 12.7. The fourth-order valence-corrected chi connectivity index (χ4v) is 6.09. The van der Waals surface area contributed by atoms with Crippen molar-refractivity contribution >= 4 is 32.4 Å². The number of anilines is 1. The van der Waals surface area contributed by atoms with E-state index in [0.29, 0.717) is 36.0 Å². The predicted molar refractivity (Wildman–Crippen MR) is 105 cm³/mol. The molecule has 0 atom stereocenters. The molecule has 1 aromatic carbocycles. The van der Waals surface area contributed by atoms with E-state index in [2.05, 4.69) is 15.5 Å². The van der Waals surface area contributed by atoms with Gasteiger partial charge in [0.25, 0.3) is 0 Å². The van der Waals surface area contributed by atoms with E-state index < -0.39 is 10.0 Å². The summed E-state index contributed by atoms with van der Waals surface area (Å²) < 4.78 is 27.7. The van der Waals surface area contributed by atoms with Crippen molar-refractivity contribution in [2.24, 2.45) is 5.92 Å². The minimum atomic E-state index is -3.56. The Balaban J connectivity index is 1.69. The van der Waals surface area contributed by atoms with Crippen molar-refractivity contribution in [2.75, 3.05) is 18.4 Å². The first kappa shape index (κ1) is 19.9. The summed E-state index contributed by atoms with van der Waals surface area (Å²) in [4.78, 5) is 12.8. The van der Waals surface area contributed by atoms with E-state index in [1.165, 1.54) is 15.6 Å². The third-order valence-electron chi connectivity index (χ3n) is 4.78. The number of nitrogens with zero attached hydrogens (tertiary/aromatic N) is 3. The Labute approximate surface area is 163 Å². The van der Waals surface area contributed by atoms with Crippen LogP contribution in [0, 0.1) is 33.6 Å². The number of aryl methyl sites for hydroxylation is 4. The van der Waals surface area contributed by atoms with Crippen LogP contribution in [0.5, 0.6) is 0 Å². The molecule has 146 valence electrons. The molecule has 7 nitrogen and oxygen atoms in total. The summed E-state index contributed by atoms with van der Waals surface area (Å²) in [6.07, 6.45) is 0.986. The van der Waals surface area contributed by atoms with Crippen LogP contribution in [0.1, 0.15) is 34.5 Å². The van der Waals surface area contributed by atoms with Gasteiger partial charge >= 0.3 is 0 Å². The number of piperidine rings is 1. The lowest BCUT2D eigenvalue weighted by Gasteiger charge is -2.31. The Morgan fingerprint density at radius 3 is 2.22 bits per heavy atom. The molecule has 1 aliphatic heterocycles. The Morgan fingerprint density at radius 1 is 1.11 bits per heavy atom. The highest BCUT2D eigenvalue weighted by molar-refractivity contribution is 7.89. The Hall–Kier alpha value is -1.84. The van der Waals surface area contributed by atoms with Crippen LogP contribution in [-0.2, 0) is 14.8 Å². The lowest BCUT2D eigenvalue weighted by molar-refractivity contribution is -0.120. The van der Waals surface area contributed by atoms with E-state index in [0.717, 1.165) is 21.7 Å². The third-order valence-corrected chi connectivity index (χ3v) is 7.74. The third kappa shape index (κ3) is 4.20. The van der Waals surface area contributed by atoms with Gasteiger partial charge in [-0.2, -0.15) is 4.31 Å². The van der Waals surface area contributed by atoms with Gasteiger partial charge in [0.1, 0.15) is 5.01 Å². The number of rotatable bonds is 4. The zero-order valence-corrected chi connectivity index (χ0v) is 17.6. The maximum absolute atomic E-state index is 13.1. The summed E-state index contributed by atoms with van der Waals surface area (Å²) >= 11 is 1.33. The van der Waals surface area contributed by atoms with Crippen LogP contribution in [0.2, 0.25) is 0 Å². The minimum absolute atomic E-state index is 0.120. The van der Waals surface area contributed by atoms with Crippen molar-refractivity contribution in [3.8, 4) is 0 Å². The number of aromatic nitrogens is 2. The zero-order valence-electron chi connectivity index (χ0n) is 15.9. The number of carbonyl (C=O) groups is 1. The van der Waals surface area contributed by atoms with Crippen molar-refractivity contribution in [1.29, 1.82) is 0 Å². The molecule has 0 bridgehead atoms. The molecule has 1 N–H and O–H groups in total. The summed E-state index contributed by atoms with van der Waals surface area (Å²) in [7, 11) is -3.56. The highest BCUT2D eigenvalue weighted by atomic mass is 32.2. The molecule has 0 saturated carbocycles. The van der Waals surface area contributed by atoms with Crippen molar-refractivity contribution in [3.63, 3.8) is 0 Å². The molecule has 3 rings (SSSR count). The maximum Gasteiger partial charge on any atom is 0.243 e. The number of hydrogen-bond donors (Lipinski definition) is 1. The topological polar surface area (TPSA) is 92.3 Å². The highest BCUT2D eigenvalue weighted by Crippen LogP contribution is 2.29. The molecule has 9 heteroatoms. The molecule has 1 saturated heterocycles. The molecule has 1 aromatic heterocycles. The first-order valence-corrected chi connectivity index (χ1v) is 11.1. The molecule has 2 aromatic rings. The normalized spacial score (nSPS) is 16.4. The monoisotopic (exact) mass is 408 g/mol. The van der Waals surface area contributed by atoms with Gasteiger partial charge in [-0.25, -0.2) is 8.42 Å². The van der Waals surface area contributed by atoms with Gasteiger partial charge in [0.2, 0.25) is 21.1 Å². The average Bonchev–Trinajstić information content (AvgIpc) is 2.98. The average molecular weight is 409 g/mol. The van der Waals surface area contributed by atoms with Gasteiger partial charge < -0.3 is 5.32 Å². The van der Waals surface area contributed by atoms with Gasteiger partial charge in [0.15, 0.2) is 0 Å². The molecule has 27 heavy (non-hydrogen) atoms. The largest absolute Gasteiger partial charge is 0.300 e.